The second-order valence-electron chi connectivity index (χ2n) is 4.60. The first kappa shape index (κ1) is 8.80. The van der Waals surface area contributed by atoms with E-state index in [9.17, 15) is 0 Å². The molecule has 0 bridgehead atoms. The summed E-state index contributed by atoms with van der Waals surface area (Å²) in [7, 11) is 0. The van der Waals surface area contributed by atoms with Gasteiger partial charge in [0.25, 0.3) is 0 Å². The van der Waals surface area contributed by atoms with Crippen molar-refractivity contribution in [2.24, 2.45) is 5.92 Å². The molecule has 13 heavy (non-hydrogen) atoms. The van der Waals surface area contributed by atoms with Crippen LogP contribution in [0.4, 0.5) is 0 Å². The van der Waals surface area contributed by atoms with E-state index in [1.54, 1.807) is 5.56 Å². The van der Waals surface area contributed by atoms with E-state index in [-0.39, 0.29) is 0 Å². The highest BCUT2D eigenvalue weighted by Crippen LogP contribution is 2.47. The first-order valence-electron chi connectivity index (χ1n) is 5.17. The molecule has 0 saturated heterocycles. The average Bonchev–Trinajstić information content (AvgIpc) is 2.77. The van der Waals surface area contributed by atoms with Crippen LogP contribution in [0, 0.1) is 26.7 Å². The van der Waals surface area contributed by atoms with Crippen molar-refractivity contribution in [1.82, 2.24) is 0 Å². The molecule has 0 unspecified atom stereocenters. The highest BCUT2D eigenvalue weighted by Gasteiger charge is 2.34. The van der Waals surface area contributed by atoms with E-state index in [0.717, 1.165) is 11.8 Å². The van der Waals surface area contributed by atoms with Crippen molar-refractivity contribution in [2.45, 2.75) is 40.0 Å². The van der Waals surface area contributed by atoms with E-state index < -0.39 is 0 Å². The summed E-state index contributed by atoms with van der Waals surface area (Å²) in [6.45, 7) is 9.00. The zero-order valence-corrected chi connectivity index (χ0v) is 9.02. The molecule has 0 aliphatic heterocycles. The molecule has 1 aromatic carbocycles. The van der Waals surface area contributed by atoms with Gasteiger partial charge in [-0.3, -0.25) is 0 Å². The van der Waals surface area contributed by atoms with Gasteiger partial charge in [-0.1, -0.05) is 19.1 Å². The minimum absolute atomic E-state index is 0.859. The maximum atomic E-state index is 2.37. The molecule has 0 nitrogen and oxygen atoms in total. The quantitative estimate of drug-likeness (QED) is 0.608. The van der Waals surface area contributed by atoms with Crippen molar-refractivity contribution in [3.8, 4) is 0 Å². The molecule has 0 spiro atoms. The van der Waals surface area contributed by atoms with Crippen LogP contribution in [0.15, 0.2) is 12.1 Å². The summed E-state index contributed by atoms with van der Waals surface area (Å²) in [4.78, 5) is 0. The molecule has 0 amide bonds. The van der Waals surface area contributed by atoms with Crippen LogP contribution in [-0.2, 0) is 0 Å². The smallest absolute Gasteiger partial charge is 0.0133 e. The molecular formula is C13H18. The first-order valence-corrected chi connectivity index (χ1v) is 5.17. The van der Waals surface area contributed by atoms with Gasteiger partial charge in [0.2, 0.25) is 0 Å². The molecule has 0 heterocycles. The second kappa shape index (κ2) is 2.87. The van der Waals surface area contributed by atoms with Crippen LogP contribution in [0.2, 0.25) is 0 Å². The van der Waals surface area contributed by atoms with Gasteiger partial charge in [-0.15, -0.1) is 0 Å². The summed E-state index contributed by atoms with van der Waals surface area (Å²) >= 11 is 0. The Bertz CT molecular complexity index is 313. The van der Waals surface area contributed by atoms with Gasteiger partial charge >= 0.3 is 0 Å². The molecule has 0 aromatic heterocycles. The van der Waals surface area contributed by atoms with Crippen molar-refractivity contribution in [3.63, 3.8) is 0 Å². The van der Waals surface area contributed by atoms with Crippen molar-refractivity contribution >= 4 is 0 Å². The van der Waals surface area contributed by atoms with E-state index in [2.05, 4.69) is 39.8 Å². The first-order chi connectivity index (χ1) is 6.09. The van der Waals surface area contributed by atoms with Gasteiger partial charge in [0.05, 0.1) is 0 Å². The van der Waals surface area contributed by atoms with Gasteiger partial charge in [-0.2, -0.15) is 0 Å². The van der Waals surface area contributed by atoms with Crippen LogP contribution in [0.25, 0.3) is 0 Å². The predicted octanol–water partition coefficient (Wildman–Crippen LogP) is 3.74. The zero-order chi connectivity index (χ0) is 9.59. The molecule has 0 heteroatoms. The minimum atomic E-state index is 0.859. The van der Waals surface area contributed by atoms with Gasteiger partial charge < -0.3 is 0 Å². The maximum absolute atomic E-state index is 2.37. The van der Waals surface area contributed by atoms with E-state index in [1.807, 2.05) is 0 Å². The van der Waals surface area contributed by atoms with Crippen LogP contribution in [-0.4, -0.2) is 0 Å². The van der Waals surface area contributed by atoms with Gasteiger partial charge in [-0.25, -0.2) is 0 Å². The van der Waals surface area contributed by atoms with E-state index >= 15 is 0 Å². The van der Waals surface area contributed by atoms with Crippen LogP contribution in [0.3, 0.4) is 0 Å². The topological polar surface area (TPSA) is 0 Å². The predicted molar refractivity (Wildman–Crippen MR) is 57.2 cm³/mol. The van der Waals surface area contributed by atoms with Crippen molar-refractivity contribution < 1.29 is 0 Å². The molecule has 1 aliphatic carbocycles. The lowest BCUT2D eigenvalue weighted by Gasteiger charge is -2.08. The molecule has 1 aromatic rings. The highest BCUT2D eigenvalue weighted by molar-refractivity contribution is 5.40. The monoisotopic (exact) mass is 174 g/mol. The van der Waals surface area contributed by atoms with Crippen LogP contribution in [0.5, 0.6) is 0 Å². The summed E-state index contributed by atoms with van der Waals surface area (Å²) in [6, 6.07) is 4.74. The fraction of sp³-hybridized carbons (Fsp3) is 0.538. The Morgan fingerprint density at radius 3 is 1.92 bits per heavy atom. The molecule has 0 radical (unpaired) electrons. The molecular weight excluding hydrogens is 156 g/mol. The van der Waals surface area contributed by atoms with Gasteiger partial charge in [0, 0.05) is 0 Å². The Morgan fingerprint density at radius 1 is 1.08 bits per heavy atom. The van der Waals surface area contributed by atoms with Crippen molar-refractivity contribution in [1.29, 1.82) is 0 Å². The summed E-state index contributed by atoms with van der Waals surface area (Å²) in [5.41, 5.74) is 5.92. The van der Waals surface area contributed by atoms with Gasteiger partial charge in [0.1, 0.15) is 0 Å². The Balaban J connectivity index is 2.39. The van der Waals surface area contributed by atoms with E-state index in [0.29, 0.717) is 0 Å². The highest BCUT2D eigenvalue weighted by atomic mass is 14.4. The fourth-order valence-electron chi connectivity index (χ4n) is 2.07. The average molecular weight is 174 g/mol. The van der Waals surface area contributed by atoms with Crippen molar-refractivity contribution in [3.05, 3.63) is 34.4 Å². The Labute approximate surface area is 81.0 Å². The summed E-state index contributed by atoms with van der Waals surface area (Å²) in [5, 5.41) is 0. The summed E-state index contributed by atoms with van der Waals surface area (Å²) in [6.07, 6.45) is 1.39. The van der Waals surface area contributed by atoms with Gasteiger partial charge in [-0.05, 0) is 61.3 Å². The third kappa shape index (κ3) is 1.50. The standard InChI is InChI=1S/C13H18/c1-8-5-12(13-7-10(13)3)6-9(2)11(8)4/h5-6,10,13H,7H2,1-4H3/t10-,13+/m1/s1. The minimum Gasteiger partial charge on any atom is -0.0619 e. The lowest BCUT2D eigenvalue weighted by atomic mass is 9.98. The molecule has 1 saturated carbocycles. The number of rotatable bonds is 1. The van der Waals surface area contributed by atoms with Gasteiger partial charge in [0.15, 0.2) is 0 Å². The Morgan fingerprint density at radius 2 is 1.54 bits per heavy atom. The second-order valence-corrected chi connectivity index (χ2v) is 4.60. The number of hydrogen-bond acceptors (Lipinski definition) is 0. The third-order valence-corrected chi connectivity index (χ3v) is 3.49. The molecule has 0 N–H and O–H groups in total. The molecule has 1 fully saturated rings. The lowest BCUT2D eigenvalue weighted by Crippen LogP contribution is -1.90. The lowest BCUT2D eigenvalue weighted by molar-refractivity contribution is 0.911. The number of aryl methyl sites for hydroxylation is 2. The van der Waals surface area contributed by atoms with E-state index in [1.165, 1.54) is 23.1 Å². The summed E-state index contributed by atoms with van der Waals surface area (Å²) < 4.78 is 0. The normalized spacial score (nSPS) is 26.2. The van der Waals surface area contributed by atoms with Crippen LogP contribution in [0.1, 0.15) is 41.5 Å². The molecule has 2 atom stereocenters. The maximum Gasteiger partial charge on any atom is -0.0133 e. The van der Waals surface area contributed by atoms with Crippen molar-refractivity contribution in [2.75, 3.05) is 0 Å². The van der Waals surface area contributed by atoms with E-state index in [4.69, 9.17) is 0 Å². The third-order valence-electron chi connectivity index (χ3n) is 3.49. The fourth-order valence-corrected chi connectivity index (χ4v) is 2.07. The Hall–Kier alpha value is -0.780. The SMILES string of the molecule is Cc1cc([C@H]2C[C@H]2C)cc(C)c1C. The Kier molecular flexibility index (Phi) is 1.94. The molecule has 2 rings (SSSR count). The van der Waals surface area contributed by atoms with Crippen LogP contribution < -0.4 is 0 Å². The zero-order valence-electron chi connectivity index (χ0n) is 9.02. The molecule has 1 aliphatic rings. The largest absolute Gasteiger partial charge is 0.0619 e. The number of hydrogen-bond donors (Lipinski definition) is 0. The van der Waals surface area contributed by atoms with Crippen LogP contribution >= 0.6 is 0 Å². The molecule has 70 valence electrons. The summed E-state index contributed by atoms with van der Waals surface area (Å²) in [5.74, 6) is 1.78. The number of benzene rings is 1.